The highest BCUT2D eigenvalue weighted by Gasteiger charge is 2.16. The normalized spacial score (nSPS) is 12.6. The van der Waals surface area contributed by atoms with Crippen molar-refractivity contribution in [2.24, 2.45) is 12.9 Å². The van der Waals surface area contributed by atoms with Crippen molar-refractivity contribution in [2.45, 2.75) is 32.2 Å². The minimum atomic E-state index is 0.170. The number of hydrazine groups is 1. The Kier molecular flexibility index (Phi) is 5.11. The van der Waals surface area contributed by atoms with Crippen LogP contribution in [0.4, 0.5) is 0 Å². The molecule has 108 valence electrons. The van der Waals surface area contributed by atoms with E-state index in [1.54, 1.807) is 4.68 Å². The Morgan fingerprint density at radius 1 is 1.40 bits per heavy atom. The first kappa shape index (κ1) is 15.0. The van der Waals surface area contributed by atoms with E-state index in [1.165, 1.54) is 5.56 Å². The largest absolute Gasteiger partial charge is 0.271 e. The molecule has 2 aromatic rings. The number of hydrogen-bond acceptors (Lipinski definition) is 4. The van der Waals surface area contributed by atoms with Gasteiger partial charge in [0.05, 0.1) is 5.69 Å². The molecular formula is C14H20ClN5. The Bertz CT molecular complexity index is 552. The maximum absolute atomic E-state index is 6.26. The number of nitrogens with two attached hydrogens (primary N) is 1. The molecule has 0 amide bonds. The second-order valence-corrected chi connectivity index (χ2v) is 5.30. The highest BCUT2D eigenvalue weighted by atomic mass is 35.5. The van der Waals surface area contributed by atoms with Gasteiger partial charge in [0.25, 0.3) is 0 Å². The van der Waals surface area contributed by atoms with Crippen molar-refractivity contribution >= 4 is 11.6 Å². The lowest BCUT2D eigenvalue weighted by Gasteiger charge is -2.15. The summed E-state index contributed by atoms with van der Waals surface area (Å²) in [4.78, 5) is 4.02. The Balaban J connectivity index is 1.99. The fourth-order valence-electron chi connectivity index (χ4n) is 2.29. The summed E-state index contributed by atoms with van der Waals surface area (Å²) < 4.78 is 1.70. The average molecular weight is 294 g/mol. The van der Waals surface area contributed by atoms with E-state index in [0.717, 1.165) is 30.5 Å². The number of aryl methyl sites for hydroxylation is 3. The monoisotopic (exact) mass is 293 g/mol. The number of nitrogens with one attached hydrogen (secondary N) is 1. The van der Waals surface area contributed by atoms with Gasteiger partial charge in [0.1, 0.15) is 5.15 Å². The smallest absolute Gasteiger partial charge is 0.130 e. The van der Waals surface area contributed by atoms with Gasteiger partial charge in [-0.3, -0.25) is 20.9 Å². The minimum absolute atomic E-state index is 0.170. The summed E-state index contributed by atoms with van der Waals surface area (Å²) >= 11 is 6.26. The number of pyridine rings is 1. The molecule has 1 atom stereocenters. The summed E-state index contributed by atoms with van der Waals surface area (Å²) in [6, 6.07) is 4.22. The molecule has 20 heavy (non-hydrogen) atoms. The van der Waals surface area contributed by atoms with Crippen LogP contribution in [0.5, 0.6) is 0 Å². The summed E-state index contributed by atoms with van der Waals surface area (Å²) in [5.41, 5.74) is 6.15. The van der Waals surface area contributed by atoms with Crippen molar-refractivity contribution in [3.8, 4) is 0 Å². The van der Waals surface area contributed by atoms with Crippen molar-refractivity contribution in [3.05, 3.63) is 46.5 Å². The first-order valence-corrected chi connectivity index (χ1v) is 7.02. The van der Waals surface area contributed by atoms with E-state index >= 15 is 0 Å². The maximum atomic E-state index is 6.26. The molecule has 2 rings (SSSR count). The van der Waals surface area contributed by atoms with Gasteiger partial charge >= 0.3 is 0 Å². The zero-order valence-electron chi connectivity index (χ0n) is 11.8. The Morgan fingerprint density at radius 2 is 2.10 bits per heavy atom. The van der Waals surface area contributed by atoms with Crippen molar-refractivity contribution in [2.75, 3.05) is 0 Å². The van der Waals surface area contributed by atoms with Crippen LogP contribution in [0.2, 0.25) is 5.15 Å². The zero-order chi connectivity index (χ0) is 14.5. The fraction of sp³-hybridized carbons (Fsp3) is 0.429. The predicted molar refractivity (Wildman–Crippen MR) is 80.3 cm³/mol. The van der Waals surface area contributed by atoms with Gasteiger partial charge in [-0.15, -0.1) is 0 Å². The molecule has 0 spiro atoms. The average Bonchev–Trinajstić information content (AvgIpc) is 2.70. The molecule has 2 aromatic heterocycles. The van der Waals surface area contributed by atoms with Crippen LogP contribution < -0.4 is 11.3 Å². The first-order valence-electron chi connectivity index (χ1n) is 6.64. The van der Waals surface area contributed by atoms with Crippen molar-refractivity contribution in [1.82, 2.24) is 20.2 Å². The molecule has 0 aromatic carbocycles. The molecule has 0 bridgehead atoms. The molecule has 2 heterocycles. The van der Waals surface area contributed by atoms with Gasteiger partial charge in [0, 0.05) is 31.0 Å². The van der Waals surface area contributed by atoms with Crippen LogP contribution in [-0.4, -0.2) is 20.8 Å². The quantitative estimate of drug-likeness (QED) is 0.629. The lowest BCUT2D eigenvalue weighted by molar-refractivity contribution is 0.490. The van der Waals surface area contributed by atoms with Gasteiger partial charge in [-0.05, 0) is 43.9 Å². The highest BCUT2D eigenvalue weighted by molar-refractivity contribution is 6.30. The van der Waals surface area contributed by atoms with Crippen LogP contribution >= 0.6 is 11.6 Å². The van der Waals surface area contributed by atoms with Gasteiger partial charge in [-0.2, -0.15) is 5.10 Å². The molecule has 0 aliphatic heterocycles. The molecule has 0 radical (unpaired) electrons. The maximum Gasteiger partial charge on any atom is 0.130 e. The van der Waals surface area contributed by atoms with Crippen LogP contribution in [0.3, 0.4) is 0 Å². The third-order valence-electron chi connectivity index (χ3n) is 3.49. The van der Waals surface area contributed by atoms with Crippen LogP contribution in [-0.2, 0) is 19.9 Å². The first-order chi connectivity index (χ1) is 9.61. The Hall–Kier alpha value is -1.43. The molecule has 3 N–H and O–H groups in total. The van der Waals surface area contributed by atoms with E-state index in [4.69, 9.17) is 17.4 Å². The van der Waals surface area contributed by atoms with Gasteiger partial charge in [-0.25, -0.2) is 0 Å². The van der Waals surface area contributed by atoms with Crippen LogP contribution in [0.15, 0.2) is 24.5 Å². The zero-order valence-corrected chi connectivity index (χ0v) is 12.6. The molecule has 6 heteroatoms. The lowest BCUT2D eigenvalue weighted by Crippen LogP contribution is -2.37. The molecule has 0 saturated carbocycles. The van der Waals surface area contributed by atoms with E-state index in [-0.39, 0.29) is 6.04 Å². The predicted octanol–water partition coefficient (Wildman–Crippen LogP) is 1.78. The number of rotatable bonds is 6. The Morgan fingerprint density at radius 3 is 2.65 bits per heavy atom. The number of nitrogens with zero attached hydrogens (tertiary/aromatic N) is 3. The van der Waals surface area contributed by atoms with Crippen molar-refractivity contribution in [3.63, 3.8) is 0 Å². The lowest BCUT2D eigenvalue weighted by atomic mass is 10.0. The van der Waals surface area contributed by atoms with Crippen molar-refractivity contribution in [1.29, 1.82) is 0 Å². The van der Waals surface area contributed by atoms with E-state index in [9.17, 15) is 0 Å². The summed E-state index contributed by atoms with van der Waals surface area (Å²) in [7, 11) is 1.85. The van der Waals surface area contributed by atoms with Gasteiger partial charge < -0.3 is 0 Å². The van der Waals surface area contributed by atoms with Crippen LogP contribution in [0.25, 0.3) is 0 Å². The second-order valence-electron chi connectivity index (χ2n) is 4.94. The van der Waals surface area contributed by atoms with E-state index in [1.807, 2.05) is 38.5 Å². The van der Waals surface area contributed by atoms with E-state index in [2.05, 4.69) is 15.5 Å². The van der Waals surface area contributed by atoms with Crippen LogP contribution in [0.1, 0.15) is 23.2 Å². The SMILES string of the molecule is Cc1nn(C)c(Cl)c1CC(CCc1ccncc1)NN. The highest BCUT2D eigenvalue weighted by Crippen LogP contribution is 2.21. The molecule has 0 fully saturated rings. The third kappa shape index (κ3) is 3.56. The Labute approximate surface area is 124 Å². The number of aromatic nitrogens is 3. The summed E-state index contributed by atoms with van der Waals surface area (Å²) in [6.45, 7) is 1.97. The van der Waals surface area contributed by atoms with E-state index in [0.29, 0.717) is 5.15 Å². The van der Waals surface area contributed by atoms with Crippen LogP contribution in [0, 0.1) is 6.92 Å². The molecule has 0 saturated heterocycles. The number of hydrogen-bond donors (Lipinski definition) is 2. The summed E-state index contributed by atoms with van der Waals surface area (Å²) in [6.07, 6.45) is 6.28. The minimum Gasteiger partial charge on any atom is -0.271 e. The molecular weight excluding hydrogens is 274 g/mol. The number of halogens is 1. The summed E-state index contributed by atoms with van der Waals surface area (Å²) in [5.74, 6) is 5.66. The van der Waals surface area contributed by atoms with Gasteiger partial charge in [0.15, 0.2) is 0 Å². The molecule has 0 aliphatic carbocycles. The standard InChI is InChI=1S/C14H20ClN5/c1-10-13(14(15)20(2)19-10)9-12(18-16)4-3-11-5-7-17-8-6-11/h5-8,12,18H,3-4,9,16H2,1-2H3. The third-order valence-corrected chi connectivity index (χ3v) is 3.96. The molecule has 1 unspecified atom stereocenters. The van der Waals surface area contributed by atoms with E-state index < -0.39 is 0 Å². The molecule has 0 aliphatic rings. The molecule has 5 nitrogen and oxygen atoms in total. The van der Waals surface area contributed by atoms with Crippen molar-refractivity contribution < 1.29 is 0 Å². The second kappa shape index (κ2) is 6.83. The summed E-state index contributed by atoms with van der Waals surface area (Å²) in [5, 5.41) is 5.01. The fourth-order valence-corrected chi connectivity index (χ4v) is 2.54. The topological polar surface area (TPSA) is 68.8 Å². The van der Waals surface area contributed by atoms with Gasteiger partial charge in [-0.1, -0.05) is 11.6 Å². The van der Waals surface area contributed by atoms with Gasteiger partial charge in [0.2, 0.25) is 0 Å².